The van der Waals surface area contributed by atoms with Crippen LogP contribution in [0.15, 0.2) is 24.3 Å². The SMILES string of the molecule is CCCCNCc1cccc(O)c1. The molecule has 2 nitrogen and oxygen atoms in total. The molecule has 0 radical (unpaired) electrons. The van der Waals surface area contributed by atoms with Gasteiger partial charge in [-0.1, -0.05) is 25.5 Å². The summed E-state index contributed by atoms with van der Waals surface area (Å²) in [6.45, 7) is 4.07. The van der Waals surface area contributed by atoms with Crippen molar-refractivity contribution in [2.45, 2.75) is 26.3 Å². The number of phenols is 1. The first-order valence-corrected chi connectivity index (χ1v) is 4.81. The van der Waals surface area contributed by atoms with Gasteiger partial charge in [0.2, 0.25) is 0 Å². The van der Waals surface area contributed by atoms with Gasteiger partial charge in [0, 0.05) is 6.54 Å². The molecule has 0 fully saturated rings. The third kappa shape index (κ3) is 3.95. The Morgan fingerprint density at radius 1 is 1.38 bits per heavy atom. The number of aromatic hydroxyl groups is 1. The number of unbranched alkanes of at least 4 members (excludes halogenated alkanes) is 1. The Morgan fingerprint density at radius 2 is 2.23 bits per heavy atom. The monoisotopic (exact) mass is 179 g/mol. The summed E-state index contributed by atoms with van der Waals surface area (Å²) in [5.74, 6) is 0.342. The quantitative estimate of drug-likeness (QED) is 0.680. The van der Waals surface area contributed by atoms with E-state index in [-0.39, 0.29) is 0 Å². The van der Waals surface area contributed by atoms with E-state index in [4.69, 9.17) is 0 Å². The number of hydrogen-bond acceptors (Lipinski definition) is 2. The van der Waals surface area contributed by atoms with E-state index >= 15 is 0 Å². The molecule has 0 heterocycles. The molecule has 1 aromatic rings. The standard InChI is InChI=1S/C11H17NO/c1-2-3-7-12-9-10-5-4-6-11(13)8-10/h4-6,8,12-13H,2-3,7,9H2,1H3. The van der Waals surface area contributed by atoms with Gasteiger partial charge in [-0.05, 0) is 30.7 Å². The first-order chi connectivity index (χ1) is 6.33. The minimum absolute atomic E-state index is 0.342. The molecule has 13 heavy (non-hydrogen) atoms. The molecule has 1 aromatic carbocycles. The second kappa shape index (κ2) is 5.60. The smallest absolute Gasteiger partial charge is 0.115 e. The molecule has 0 aliphatic heterocycles. The Labute approximate surface area is 79.6 Å². The van der Waals surface area contributed by atoms with Gasteiger partial charge in [-0.3, -0.25) is 0 Å². The lowest BCUT2D eigenvalue weighted by Gasteiger charge is -2.03. The lowest BCUT2D eigenvalue weighted by molar-refractivity contribution is 0.474. The molecule has 0 spiro atoms. The maximum Gasteiger partial charge on any atom is 0.115 e. The number of phenolic OH excluding ortho intramolecular Hbond substituents is 1. The summed E-state index contributed by atoms with van der Waals surface area (Å²) in [5, 5.41) is 12.5. The number of rotatable bonds is 5. The predicted octanol–water partition coefficient (Wildman–Crippen LogP) is 2.28. The minimum atomic E-state index is 0.342. The van der Waals surface area contributed by atoms with Crippen molar-refractivity contribution < 1.29 is 5.11 Å². The van der Waals surface area contributed by atoms with E-state index in [2.05, 4.69) is 12.2 Å². The first-order valence-electron chi connectivity index (χ1n) is 4.81. The molecule has 0 unspecified atom stereocenters. The molecular weight excluding hydrogens is 162 g/mol. The molecule has 0 aliphatic rings. The summed E-state index contributed by atoms with van der Waals surface area (Å²) in [6, 6.07) is 7.36. The highest BCUT2D eigenvalue weighted by Crippen LogP contribution is 2.10. The zero-order chi connectivity index (χ0) is 9.52. The van der Waals surface area contributed by atoms with E-state index < -0.39 is 0 Å². The average molecular weight is 179 g/mol. The summed E-state index contributed by atoms with van der Waals surface area (Å²) in [5.41, 5.74) is 1.14. The fourth-order valence-electron chi connectivity index (χ4n) is 1.20. The van der Waals surface area contributed by atoms with Crippen molar-refractivity contribution >= 4 is 0 Å². The van der Waals surface area contributed by atoms with Crippen LogP contribution in [0.5, 0.6) is 5.75 Å². The van der Waals surface area contributed by atoms with Crippen LogP contribution in [-0.4, -0.2) is 11.7 Å². The van der Waals surface area contributed by atoms with Crippen LogP contribution in [0.25, 0.3) is 0 Å². The third-order valence-corrected chi connectivity index (χ3v) is 1.95. The lowest BCUT2D eigenvalue weighted by Crippen LogP contribution is -2.14. The number of hydrogen-bond donors (Lipinski definition) is 2. The summed E-state index contributed by atoms with van der Waals surface area (Å²) in [7, 11) is 0. The average Bonchev–Trinajstić information content (AvgIpc) is 2.13. The Balaban J connectivity index is 2.28. The molecule has 1 rings (SSSR count). The highest BCUT2D eigenvalue weighted by molar-refractivity contribution is 5.26. The summed E-state index contributed by atoms with van der Waals surface area (Å²) >= 11 is 0. The van der Waals surface area contributed by atoms with Crippen LogP contribution in [-0.2, 0) is 6.54 Å². The summed E-state index contributed by atoms with van der Waals surface area (Å²) < 4.78 is 0. The zero-order valence-corrected chi connectivity index (χ0v) is 8.09. The molecule has 0 aliphatic carbocycles. The van der Waals surface area contributed by atoms with E-state index in [0.717, 1.165) is 18.7 Å². The predicted molar refractivity (Wildman–Crippen MR) is 54.7 cm³/mol. The van der Waals surface area contributed by atoms with Gasteiger partial charge in [-0.15, -0.1) is 0 Å². The van der Waals surface area contributed by atoms with Crippen molar-refractivity contribution in [2.24, 2.45) is 0 Å². The first kappa shape index (κ1) is 10.1. The van der Waals surface area contributed by atoms with Gasteiger partial charge in [0.05, 0.1) is 0 Å². The van der Waals surface area contributed by atoms with Crippen LogP contribution in [0.4, 0.5) is 0 Å². The van der Waals surface area contributed by atoms with Gasteiger partial charge in [-0.25, -0.2) is 0 Å². The lowest BCUT2D eigenvalue weighted by atomic mass is 10.2. The molecule has 2 N–H and O–H groups in total. The zero-order valence-electron chi connectivity index (χ0n) is 8.09. The summed E-state index contributed by atoms with van der Waals surface area (Å²) in [6.07, 6.45) is 2.42. The van der Waals surface area contributed by atoms with E-state index in [1.165, 1.54) is 12.8 Å². The van der Waals surface area contributed by atoms with Crippen molar-refractivity contribution in [3.8, 4) is 5.75 Å². The third-order valence-electron chi connectivity index (χ3n) is 1.95. The minimum Gasteiger partial charge on any atom is -0.508 e. The fourth-order valence-corrected chi connectivity index (χ4v) is 1.20. The van der Waals surface area contributed by atoms with Gasteiger partial charge in [0.15, 0.2) is 0 Å². The normalized spacial score (nSPS) is 10.2. The Bertz CT molecular complexity index is 248. The van der Waals surface area contributed by atoms with Gasteiger partial charge in [-0.2, -0.15) is 0 Å². The van der Waals surface area contributed by atoms with Crippen LogP contribution in [0.3, 0.4) is 0 Å². The Hall–Kier alpha value is -1.02. The Morgan fingerprint density at radius 3 is 2.92 bits per heavy atom. The second-order valence-corrected chi connectivity index (χ2v) is 3.20. The fraction of sp³-hybridized carbons (Fsp3) is 0.455. The second-order valence-electron chi connectivity index (χ2n) is 3.20. The molecule has 0 atom stereocenters. The number of nitrogens with one attached hydrogen (secondary N) is 1. The highest BCUT2D eigenvalue weighted by Gasteiger charge is 1.92. The van der Waals surface area contributed by atoms with Gasteiger partial charge < -0.3 is 10.4 Å². The molecule has 0 aromatic heterocycles. The maximum absolute atomic E-state index is 9.19. The molecule has 0 bridgehead atoms. The Kier molecular flexibility index (Phi) is 4.33. The molecule has 2 heteroatoms. The van der Waals surface area contributed by atoms with Crippen LogP contribution < -0.4 is 5.32 Å². The van der Waals surface area contributed by atoms with Gasteiger partial charge in [0.1, 0.15) is 5.75 Å². The maximum atomic E-state index is 9.19. The van der Waals surface area contributed by atoms with Crippen molar-refractivity contribution in [2.75, 3.05) is 6.54 Å². The van der Waals surface area contributed by atoms with E-state index in [9.17, 15) is 5.11 Å². The topological polar surface area (TPSA) is 32.3 Å². The number of benzene rings is 1. The highest BCUT2D eigenvalue weighted by atomic mass is 16.3. The molecule has 0 saturated heterocycles. The van der Waals surface area contributed by atoms with E-state index in [1.807, 2.05) is 12.1 Å². The molecule has 0 saturated carbocycles. The molecule has 0 amide bonds. The van der Waals surface area contributed by atoms with Crippen molar-refractivity contribution in [3.05, 3.63) is 29.8 Å². The van der Waals surface area contributed by atoms with Gasteiger partial charge >= 0.3 is 0 Å². The summed E-state index contributed by atoms with van der Waals surface area (Å²) in [4.78, 5) is 0. The largest absolute Gasteiger partial charge is 0.508 e. The van der Waals surface area contributed by atoms with Gasteiger partial charge in [0.25, 0.3) is 0 Å². The van der Waals surface area contributed by atoms with Crippen LogP contribution in [0.2, 0.25) is 0 Å². The van der Waals surface area contributed by atoms with Crippen LogP contribution in [0.1, 0.15) is 25.3 Å². The van der Waals surface area contributed by atoms with Crippen molar-refractivity contribution in [1.82, 2.24) is 5.32 Å². The van der Waals surface area contributed by atoms with Crippen molar-refractivity contribution in [3.63, 3.8) is 0 Å². The van der Waals surface area contributed by atoms with E-state index in [0.29, 0.717) is 5.75 Å². The van der Waals surface area contributed by atoms with E-state index in [1.54, 1.807) is 12.1 Å². The molecule has 72 valence electrons. The van der Waals surface area contributed by atoms with Crippen LogP contribution in [0, 0.1) is 0 Å². The molecular formula is C11H17NO. The van der Waals surface area contributed by atoms with Crippen molar-refractivity contribution in [1.29, 1.82) is 0 Å². The van der Waals surface area contributed by atoms with Crippen LogP contribution >= 0.6 is 0 Å².